The molecule has 1 unspecified atom stereocenters. The van der Waals surface area contributed by atoms with Gasteiger partial charge < -0.3 is 19.9 Å². The monoisotopic (exact) mass is 438 g/mol. The highest BCUT2D eigenvalue weighted by Gasteiger charge is 2.28. The van der Waals surface area contributed by atoms with Crippen LogP contribution in [0.4, 0.5) is 0 Å². The number of halogens is 1. The highest BCUT2D eigenvalue weighted by atomic mass is 127. The molecule has 2 saturated heterocycles. The van der Waals surface area contributed by atoms with Crippen molar-refractivity contribution in [1.29, 1.82) is 0 Å². The van der Waals surface area contributed by atoms with Crippen LogP contribution in [0.1, 0.15) is 32.6 Å². The topological polar surface area (TPSA) is 57.2 Å². The lowest BCUT2D eigenvalue weighted by molar-refractivity contribution is -0.149. The van der Waals surface area contributed by atoms with E-state index in [4.69, 9.17) is 4.74 Å². The fourth-order valence-electron chi connectivity index (χ4n) is 3.37. The van der Waals surface area contributed by atoms with Crippen LogP contribution in [0.15, 0.2) is 4.99 Å². The van der Waals surface area contributed by atoms with Gasteiger partial charge in [-0.3, -0.25) is 9.79 Å². The Morgan fingerprint density at radius 3 is 2.48 bits per heavy atom. The van der Waals surface area contributed by atoms with Crippen molar-refractivity contribution < 1.29 is 9.53 Å². The molecule has 0 bridgehead atoms. The van der Waals surface area contributed by atoms with Gasteiger partial charge in [-0.15, -0.1) is 24.0 Å². The van der Waals surface area contributed by atoms with Crippen molar-refractivity contribution in [2.45, 2.75) is 38.6 Å². The van der Waals surface area contributed by atoms with Crippen LogP contribution in [-0.2, 0) is 9.53 Å². The molecule has 0 aromatic rings. The maximum Gasteiger partial charge on any atom is 0.309 e. The summed E-state index contributed by atoms with van der Waals surface area (Å²) in [5.41, 5.74) is 0. The molecule has 0 aromatic heterocycles. The number of rotatable bonds is 4. The van der Waals surface area contributed by atoms with E-state index in [9.17, 15) is 4.79 Å². The Hall–Kier alpha value is -0.570. The second kappa shape index (κ2) is 10.3. The zero-order valence-corrected chi connectivity index (χ0v) is 16.9. The number of nitrogens with zero attached hydrogens (tertiary/aromatic N) is 3. The summed E-state index contributed by atoms with van der Waals surface area (Å²) in [6.07, 6.45) is 4.24. The summed E-state index contributed by atoms with van der Waals surface area (Å²) in [6.45, 7) is 6.19. The summed E-state index contributed by atoms with van der Waals surface area (Å²) in [7, 11) is 4.02. The molecule has 0 aromatic carbocycles. The number of likely N-dealkylation sites (tertiary alicyclic amines) is 2. The molecule has 0 spiro atoms. The van der Waals surface area contributed by atoms with Gasteiger partial charge in [-0.25, -0.2) is 0 Å². The van der Waals surface area contributed by atoms with Gasteiger partial charge in [-0.1, -0.05) is 0 Å². The Balaban J connectivity index is 0.00000264. The Kier molecular flexibility index (Phi) is 9.19. The molecule has 2 heterocycles. The smallest absolute Gasteiger partial charge is 0.309 e. The van der Waals surface area contributed by atoms with Crippen molar-refractivity contribution in [3.05, 3.63) is 0 Å². The molecule has 0 radical (unpaired) electrons. The fraction of sp³-hybridized carbons (Fsp3) is 0.875. The minimum Gasteiger partial charge on any atom is -0.466 e. The number of carbonyl (C=O) groups is 1. The van der Waals surface area contributed by atoms with Crippen LogP contribution in [0.5, 0.6) is 0 Å². The molecule has 2 aliphatic heterocycles. The van der Waals surface area contributed by atoms with Crippen LogP contribution >= 0.6 is 24.0 Å². The van der Waals surface area contributed by atoms with E-state index in [0.717, 1.165) is 38.4 Å². The van der Waals surface area contributed by atoms with Gasteiger partial charge >= 0.3 is 5.97 Å². The molecule has 1 N–H and O–H groups in total. The third kappa shape index (κ3) is 5.77. The first-order valence-corrected chi connectivity index (χ1v) is 8.48. The summed E-state index contributed by atoms with van der Waals surface area (Å²) in [5, 5.41) is 3.50. The first-order chi connectivity index (χ1) is 10.7. The Morgan fingerprint density at radius 2 is 1.96 bits per heavy atom. The average Bonchev–Trinajstić information content (AvgIpc) is 2.94. The summed E-state index contributed by atoms with van der Waals surface area (Å²) in [4.78, 5) is 20.9. The van der Waals surface area contributed by atoms with E-state index in [1.54, 1.807) is 0 Å². The molecule has 2 aliphatic rings. The summed E-state index contributed by atoms with van der Waals surface area (Å²) in [5.74, 6) is 0.968. The standard InChI is InChI=1S/C16H30N4O2.HI/c1-4-22-15(21)13-7-10-20(11-8-13)16(17-2)18-12-14-6-5-9-19(14)3;/h13-14H,4-12H2,1-3H3,(H,17,18);1H. The number of hydrogen-bond donors (Lipinski definition) is 1. The second-order valence-corrected chi connectivity index (χ2v) is 6.22. The van der Waals surface area contributed by atoms with Crippen molar-refractivity contribution in [3.8, 4) is 0 Å². The average molecular weight is 438 g/mol. The number of piperidine rings is 1. The third-order valence-corrected chi connectivity index (χ3v) is 4.79. The summed E-state index contributed by atoms with van der Waals surface area (Å²) < 4.78 is 5.12. The number of carbonyl (C=O) groups excluding carboxylic acids is 1. The number of likely N-dealkylation sites (N-methyl/N-ethyl adjacent to an activating group) is 1. The maximum absolute atomic E-state index is 11.8. The molecule has 0 aliphatic carbocycles. The second-order valence-electron chi connectivity index (χ2n) is 6.22. The molecule has 2 fully saturated rings. The Labute approximate surface area is 157 Å². The minimum atomic E-state index is -0.0438. The number of hydrogen-bond acceptors (Lipinski definition) is 4. The molecule has 0 saturated carbocycles. The van der Waals surface area contributed by atoms with Gasteiger partial charge in [-0.05, 0) is 46.2 Å². The van der Waals surface area contributed by atoms with Gasteiger partial charge in [0.15, 0.2) is 5.96 Å². The third-order valence-electron chi connectivity index (χ3n) is 4.79. The zero-order valence-electron chi connectivity index (χ0n) is 14.6. The highest BCUT2D eigenvalue weighted by molar-refractivity contribution is 14.0. The fourth-order valence-corrected chi connectivity index (χ4v) is 3.37. The van der Waals surface area contributed by atoms with Gasteiger partial charge in [0, 0.05) is 32.7 Å². The van der Waals surface area contributed by atoms with Crippen LogP contribution in [0.25, 0.3) is 0 Å². The molecular formula is C16H31IN4O2. The van der Waals surface area contributed by atoms with Crippen molar-refractivity contribution in [2.24, 2.45) is 10.9 Å². The van der Waals surface area contributed by atoms with E-state index in [1.165, 1.54) is 19.4 Å². The Morgan fingerprint density at radius 1 is 1.26 bits per heavy atom. The summed E-state index contributed by atoms with van der Waals surface area (Å²) >= 11 is 0. The lowest BCUT2D eigenvalue weighted by Crippen LogP contribution is -2.49. The van der Waals surface area contributed by atoms with Crippen LogP contribution in [0.2, 0.25) is 0 Å². The van der Waals surface area contributed by atoms with E-state index >= 15 is 0 Å². The number of nitrogens with one attached hydrogen (secondary N) is 1. The first-order valence-electron chi connectivity index (χ1n) is 8.48. The van der Waals surface area contributed by atoms with Crippen molar-refractivity contribution in [3.63, 3.8) is 0 Å². The van der Waals surface area contributed by atoms with Gasteiger partial charge in [0.05, 0.1) is 12.5 Å². The molecule has 2 rings (SSSR count). The largest absolute Gasteiger partial charge is 0.466 e. The lowest BCUT2D eigenvalue weighted by atomic mass is 9.97. The maximum atomic E-state index is 11.8. The van der Waals surface area contributed by atoms with Crippen molar-refractivity contribution in [2.75, 3.05) is 46.9 Å². The van der Waals surface area contributed by atoms with Crippen LogP contribution in [-0.4, -0.2) is 74.7 Å². The van der Waals surface area contributed by atoms with Gasteiger partial charge in [0.2, 0.25) is 0 Å². The predicted molar refractivity (Wildman–Crippen MR) is 103 cm³/mol. The number of esters is 1. The highest BCUT2D eigenvalue weighted by Crippen LogP contribution is 2.19. The van der Waals surface area contributed by atoms with E-state index < -0.39 is 0 Å². The van der Waals surface area contributed by atoms with Gasteiger partial charge in [-0.2, -0.15) is 0 Å². The van der Waals surface area contributed by atoms with Gasteiger partial charge in [0.1, 0.15) is 0 Å². The molecule has 1 atom stereocenters. The lowest BCUT2D eigenvalue weighted by Gasteiger charge is -2.34. The molecule has 6 nitrogen and oxygen atoms in total. The van der Waals surface area contributed by atoms with E-state index in [2.05, 4.69) is 27.2 Å². The van der Waals surface area contributed by atoms with E-state index in [0.29, 0.717) is 12.6 Å². The number of aliphatic imine (C=N–C) groups is 1. The summed E-state index contributed by atoms with van der Waals surface area (Å²) in [6, 6.07) is 0.605. The molecule has 0 amide bonds. The van der Waals surface area contributed by atoms with Crippen LogP contribution in [0, 0.1) is 5.92 Å². The normalized spacial score (nSPS) is 23.5. The minimum absolute atomic E-state index is 0. The quantitative estimate of drug-likeness (QED) is 0.313. The van der Waals surface area contributed by atoms with Crippen molar-refractivity contribution in [1.82, 2.24) is 15.1 Å². The predicted octanol–water partition coefficient (Wildman–Crippen LogP) is 1.55. The number of ether oxygens (including phenoxy) is 1. The number of guanidine groups is 1. The SMILES string of the molecule is CCOC(=O)C1CCN(C(=NC)NCC2CCCN2C)CC1.I. The van der Waals surface area contributed by atoms with E-state index in [1.807, 2.05) is 14.0 Å². The molecule has 7 heteroatoms. The first kappa shape index (κ1) is 20.5. The van der Waals surface area contributed by atoms with Crippen LogP contribution < -0.4 is 5.32 Å². The molecule has 23 heavy (non-hydrogen) atoms. The van der Waals surface area contributed by atoms with Crippen LogP contribution in [0.3, 0.4) is 0 Å². The molecule has 134 valence electrons. The zero-order chi connectivity index (χ0) is 15.9. The van der Waals surface area contributed by atoms with E-state index in [-0.39, 0.29) is 35.9 Å². The van der Waals surface area contributed by atoms with Gasteiger partial charge in [0.25, 0.3) is 0 Å². The van der Waals surface area contributed by atoms with Crippen molar-refractivity contribution >= 4 is 35.9 Å². The Bertz CT molecular complexity index is 398. The molecular weight excluding hydrogens is 407 g/mol.